The van der Waals surface area contributed by atoms with Gasteiger partial charge in [-0.15, -0.1) is 0 Å². The van der Waals surface area contributed by atoms with Gasteiger partial charge >= 0.3 is 0 Å². The van der Waals surface area contributed by atoms with E-state index in [9.17, 15) is 4.39 Å². The fourth-order valence-corrected chi connectivity index (χ4v) is 3.86. The molecular weight excluding hydrogens is 411 g/mol. The van der Waals surface area contributed by atoms with Gasteiger partial charge in [-0.05, 0) is 24.3 Å². The quantitative estimate of drug-likeness (QED) is 0.473. The summed E-state index contributed by atoms with van der Waals surface area (Å²) in [7, 11) is 1.68. The van der Waals surface area contributed by atoms with E-state index in [0.29, 0.717) is 11.4 Å². The Bertz CT molecular complexity index is 1220. The molecule has 9 heteroatoms. The number of ether oxygens (including phenoxy) is 1. The number of hydrogen-bond donors (Lipinski definition) is 0. The molecule has 0 atom stereocenters. The van der Waals surface area contributed by atoms with E-state index < -0.39 is 5.82 Å². The first kappa shape index (κ1) is 19.9. The topological polar surface area (TPSA) is 80.4 Å². The third-order valence-corrected chi connectivity index (χ3v) is 5.47. The van der Waals surface area contributed by atoms with Crippen LogP contribution in [0.15, 0.2) is 65.6 Å². The molecule has 0 bridgehead atoms. The summed E-state index contributed by atoms with van der Waals surface area (Å²) in [6.07, 6.45) is 3.15. The summed E-state index contributed by atoms with van der Waals surface area (Å²) in [4.78, 5) is 17.5. The molecule has 0 amide bonds. The molecule has 3 heterocycles. The lowest BCUT2D eigenvalue weighted by Gasteiger charge is -2.37. The van der Waals surface area contributed by atoms with E-state index in [-0.39, 0.29) is 17.3 Å². The molecular formula is C23H21FN6O2. The molecule has 0 N–H and O–H groups in total. The average molecular weight is 432 g/mol. The smallest absolute Gasteiger partial charge is 0.263 e. The van der Waals surface area contributed by atoms with Crippen LogP contribution < -0.4 is 14.5 Å². The molecule has 0 unspecified atom stereocenters. The van der Waals surface area contributed by atoms with Crippen molar-refractivity contribution in [1.82, 2.24) is 20.1 Å². The van der Waals surface area contributed by atoms with Crippen molar-refractivity contribution < 1.29 is 13.7 Å². The second kappa shape index (κ2) is 8.62. The lowest BCUT2D eigenvalue weighted by Crippen LogP contribution is -2.47. The van der Waals surface area contributed by atoms with Gasteiger partial charge in [-0.3, -0.25) is 0 Å². The standard InChI is InChI=1S/C23H21FN6O2/c1-31-20-9-5-4-8-19(20)29-10-12-30(13-11-29)22-17(14-25-15-26-22)23-27-21(28-32-23)16-6-2-3-7-18(16)24/h2-9,14-15H,10-13H2,1H3. The zero-order chi connectivity index (χ0) is 21.9. The molecule has 0 radical (unpaired) electrons. The van der Waals surface area contributed by atoms with Gasteiger partial charge in [-0.25, -0.2) is 14.4 Å². The van der Waals surface area contributed by atoms with E-state index in [0.717, 1.165) is 37.6 Å². The van der Waals surface area contributed by atoms with Gasteiger partial charge in [0.25, 0.3) is 5.89 Å². The fraction of sp³-hybridized carbons (Fsp3) is 0.217. The Kier molecular flexibility index (Phi) is 5.37. The summed E-state index contributed by atoms with van der Waals surface area (Å²) >= 11 is 0. The number of anilines is 2. The number of nitrogens with zero attached hydrogens (tertiary/aromatic N) is 6. The van der Waals surface area contributed by atoms with Crippen LogP contribution in [-0.2, 0) is 0 Å². The van der Waals surface area contributed by atoms with Crippen molar-refractivity contribution in [2.45, 2.75) is 0 Å². The van der Waals surface area contributed by atoms with E-state index in [1.54, 1.807) is 31.5 Å². The Labute approximate surface area is 184 Å². The van der Waals surface area contributed by atoms with Gasteiger partial charge in [0, 0.05) is 32.4 Å². The fourth-order valence-electron chi connectivity index (χ4n) is 3.86. The van der Waals surface area contributed by atoms with Crippen LogP contribution in [0.3, 0.4) is 0 Å². The minimum Gasteiger partial charge on any atom is -0.495 e. The first-order valence-electron chi connectivity index (χ1n) is 10.3. The zero-order valence-corrected chi connectivity index (χ0v) is 17.5. The summed E-state index contributed by atoms with van der Waals surface area (Å²) in [6.45, 7) is 3.09. The number of benzene rings is 2. The molecule has 1 aliphatic rings. The molecule has 2 aromatic carbocycles. The SMILES string of the molecule is COc1ccccc1N1CCN(c2ncncc2-c2nc(-c3ccccc3F)no2)CC1. The van der Waals surface area contributed by atoms with Gasteiger partial charge in [0.05, 0.1) is 18.4 Å². The Morgan fingerprint density at radius 3 is 2.50 bits per heavy atom. The molecule has 0 spiro atoms. The first-order chi connectivity index (χ1) is 15.7. The number of methoxy groups -OCH3 is 1. The van der Waals surface area contributed by atoms with Gasteiger partial charge in [0.1, 0.15) is 29.3 Å². The number of hydrogen-bond acceptors (Lipinski definition) is 8. The highest BCUT2D eigenvalue weighted by Crippen LogP contribution is 2.32. The molecule has 0 saturated carbocycles. The van der Waals surface area contributed by atoms with Crippen LogP contribution in [-0.4, -0.2) is 53.4 Å². The second-order valence-electron chi connectivity index (χ2n) is 7.31. The van der Waals surface area contributed by atoms with Crippen molar-refractivity contribution in [1.29, 1.82) is 0 Å². The number of halogens is 1. The maximum Gasteiger partial charge on any atom is 0.263 e. The molecule has 2 aromatic heterocycles. The summed E-state index contributed by atoms with van der Waals surface area (Å²) in [5, 5.41) is 3.96. The Balaban J connectivity index is 1.38. The highest BCUT2D eigenvalue weighted by molar-refractivity contribution is 5.71. The maximum atomic E-state index is 14.1. The van der Waals surface area contributed by atoms with Crippen molar-refractivity contribution in [3.8, 4) is 28.6 Å². The maximum absolute atomic E-state index is 14.1. The van der Waals surface area contributed by atoms with Gasteiger partial charge < -0.3 is 19.1 Å². The van der Waals surface area contributed by atoms with Crippen molar-refractivity contribution in [2.75, 3.05) is 43.1 Å². The molecule has 1 saturated heterocycles. The first-order valence-corrected chi connectivity index (χ1v) is 10.3. The van der Waals surface area contributed by atoms with Crippen LogP contribution in [0.25, 0.3) is 22.8 Å². The molecule has 32 heavy (non-hydrogen) atoms. The van der Waals surface area contributed by atoms with Crippen LogP contribution >= 0.6 is 0 Å². The molecule has 162 valence electrons. The molecule has 1 aliphatic heterocycles. The molecule has 4 aromatic rings. The normalized spacial score (nSPS) is 13.9. The van der Waals surface area contributed by atoms with Gasteiger partial charge in [-0.1, -0.05) is 29.4 Å². The molecule has 5 rings (SSSR count). The van der Waals surface area contributed by atoms with E-state index in [1.807, 2.05) is 18.2 Å². The summed E-state index contributed by atoms with van der Waals surface area (Å²) in [5.41, 5.74) is 1.98. The highest BCUT2D eigenvalue weighted by atomic mass is 19.1. The van der Waals surface area contributed by atoms with Crippen molar-refractivity contribution >= 4 is 11.5 Å². The predicted octanol–water partition coefficient (Wildman–Crippen LogP) is 3.67. The van der Waals surface area contributed by atoms with Gasteiger partial charge in [-0.2, -0.15) is 4.98 Å². The zero-order valence-electron chi connectivity index (χ0n) is 17.5. The number of aromatic nitrogens is 4. The number of rotatable bonds is 5. The predicted molar refractivity (Wildman–Crippen MR) is 118 cm³/mol. The van der Waals surface area contributed by atoms with E-state index in [1.165, 1.54) is 12.4 Å². The third-order valence-electron chi connectivity index (χ3n) is 5.47. The van der Waals surface area contributed by atoms with Crippen LogP contribution in [0, 0.1) is 5.82 Å². The van der Waals surface area contributed by atoms with Crippen LogP contribution in [0.1, 0.15) is 0 Å². The Hall–Kier alpha value is -4.01. The van der Waals surface area contributed by atoms with Crippen LogP contribution in [0.4, 0.5) is 15.9 Å². The van der Waals surface area contributed by atoms with Crippen molar-refractivity contribution in [2.24, 2.45) is 0 Å². The van der Waals surface area contributed by atoms with E-state index in [4.69, 9.17) is 9.26 Å². The minimum absolute atomic E-state index is 0.189. The Morgan fingerprint density at radius 2 is 1.69 bits per heavy atom. The van der Waals surface area contributed by atoms with Gasteiger partial charge in [0.15, 0.2) is 0 Å². The summed E-state index contributed by atoms with van der Waals surface area (Å²) in [6, 6.07) is 14.3. The molecule has 8 nitrogen and oxygen atoms in total. The van der Waals surface area contributed by atoms with Crippen molar-refractivity contribution in [3.63, 3.8) is 0 Å². The van der Waals surface area contributed by atoms with Crippen molar-refractivity contribution in [3.05, 3.63) is 66.9 Å². The van der Waals surface area contributed by atoms with Crippen LogP contribution in [0.2, 0.25) is 0 Å². The van der Waals surface area contributed by atoms with E-state index >= 15 is 0 Å². The number of piperazine rings is 1. The van der Waals surface area contributed by atoms with Gasteiger partial charge in [0.2, 0.25) is 5.82 Å². The third kappa shape index (κ3) is 3.73. The lowest BCUT2D eigenvalue weighted by atomic mass is 10.2. The minimum atomic E-state index is -0.406. The largest absolute Gasteiger partial charge is 0.495 e. The summed E-state index contributed by atoms with van der Waals surface area (Å²) in [5.74, 6) is 1.61. The molecule has 0 aliphatic carbocycles. The highest BCUT2D eigenvalue weighted by Gasteiger charge is 2.25. The number of para-hydroxylation sites is 2. The monoisotopic (exact) mass is 432 g/mol. The van der Waals surface area contributed by atoms with Crippen LogP contribution in [0.5, 0.6) is 5.75 Å². The lowest BCUT2D eigenvalue weighted by molar-refractivity contribution is 0.413. The molecule has 1 fully saturated rings. The summed E-state index contributed by atoms with van der Waals surface area (Å²) < 4.78 is 25.1. The average Bonchev–Trinajstić information content (AvgIpc) is 3.34. The second-order valence-corrected chi connectivity index (χ2v) is 7.31. The Morgan fingerprint density at radius 1 is 0.938 bits per heavy atom. The van der Waals surface area contributed by atoms with E-state index in [2.05, 4.69) is 36.0 Å².